The third-order valence-electron chi connectivity index (χ3n) is 6.61. The molecular weight excluding hydrogens is 450 g/mol. The Morgan fingerprint density at radius 3 is 2.83 bits per heavy atom. The number of anilines is 1. The Kier molecular flexibility index (Phi) is 5.39. The molecule has 0 unspecified atom stereocenters. The van der Waals surface area contributed by atoms with Crippen LogP contribution in [0.15, 0.2) is 36.8 Å². The van der Waals surface area contributed by atoms with Gasteiger partial charge in [0.25, 0.3) is 0 Å². The molecule has 3 fully saturated rings. The molecule has 3 aromatic rings. The minimum Gasteiger partial charge on any atom is -0.474 e. The first-order chi connectivity index (χ1) is 17.0. The summed E-state index contributed by atoms with van der Waals surface area (Å²) in [5.41, 5.74) is 2.47. The normalized spacial score (nSPS) is 22.4. The monoisotopic (exact) mass is 477 g/mol. The molecule has 35 heavy (non-hydrogen) atoms. The number of carbonyl (C=O) groups excluding carboxylic acids is 2. The molecule has 3 aromatic heterocycles. The molecular formula is C24H27N7O4. The van der Waals surface area contributed by atoms with Gasteiger partial charge >= 0.3 is 6.09 Å². The molecule has 1 aliphatic carbocycles. The van der Waals surface area contributed by atoms with Crippen LogP contribution in [0, 0.1) is 0 Å². The SMILES string of the molecule is C[C@@H]1CN(c2ccn3ncc(-c4cccnc4OC4CC4)c3n2)CCN1C(=O)O[C@@H]1CNC(=O)C1. The number of hydrogen-bond donors (Lipinski definition) is 1. The number of ether oxygens (including phenoxy) is 2. The number of pyridine rings is 1. The minimum atomic E-state index is -0.397. The molecule has 0 bridgehead atoms. The van der Waals surface area contributed by atoms with Gasteiger partial charge in [-0.2, -0.15) is 5.10 Å². The predicted octanol–water partition coefficient (Wildman–Crippen LogP) is 1.87. The summed E-state index contributed by atoms with van der Waals surface area (Å²) < 4.78 is 13.3. The van der Waals surface area contributed by atoms with Gasteiger partial charge in [0.15, 0.2) is 5.65 Å². The summed E-state index contributed by atoms with van der Waals surface area (Å²) in [6, 6.07) is 5.74. The van der Waals surface area contributed by atoms with Crippen molar-refractivity contribution in [3.63, 3.8) is 0 Å². The van der Waals surface area contributed by atoms with Crippen LogP contribution < -0.4 is 15.0 Å². The molecule has 2 saturated heterocycles. The maximum absolute atomic E-state index is 12.7. The molecule has 1 N–H and O–H groups in total. The average Bonchev–Trinajstić information content (AvgIpc) is 3.43. The van der Waals surface area contributed by atoms with Gasteiger partial charge in [0.1, 0.15) is 18.0 Å². The van der Waals surface area contributed by atoms with Crippen LogP contribution in [0.5, 0.6) is 5.88 Å². The fourth-order valence-corrected chi connectivity index (χ4v) is 4.57. The molecule has 5 heterocycles. The summed E-state index contributed by atoms with van der Waals surface area (Å²) in [7, 11) is 0. The molecule has 2 amide bonds. The lowest BCUT2D eigenvalue weighted by Gasteiger charge is -2.40. The van der Waals surface area contributed by atoms with Gasteiger partial charge in [0, 0.05) is 43.6 Å². The Bertz CT molecular complexity index is 1270. The summed E-state index contributed by atoms with van der Waals surface area (Å²) >= 11 is 0. The van der Waals surface area contributed by atoms with Gasteiger partial charge in [-0.05, 0) is 38.0 Å². The Morgan fingerprint density at radius 1 is 1.17 bits per heavy atom. The van der Waals surface area contributed by atoms with Crippen LogP contribution in [0.25, 0.3) is 16.8 Å². The number of rotatable bonds is 5. The van der Waals surface area contributed by atoms with Gasteiger partial charge in [0.05, 0.1) is 24.7 Å². The van der Waals surface area contributed by atoms with Crippen molar-refractivity contribution in [3.8, 4) is 17.0 Å². The van der Waals surface area contributed by atoms with Crippen LogP contribution in [-0.4, -0.2) is 80.9 Å². The van der Waals surface area contributed by atoms with Gasteiger partial charge in [-0.15, -0.1) is 0 Å². The molecule has 0 radical (unpaired) electrons. The van der Waals surface area contributed by atoms with Crippen molar-refractivity contribution in [2.24, 2.45) is 0 Å². The molecule has 6 rings (SSSR count). The predicted molar refractivity (Wildman–Crippen MR) is 126 cm³/mol. The summed E-state index contributed by atoms with van der Waals surface area (Å²) in [5, 5.41) is 7.17. The van der Waals surface area contributed by atoms with E-state index < -0.39 is 6.10 Å². The zero-order chi connectivity index (χ0) is 23.9. The Hall–Kier alpha value is -3.89. The second-order valence-corrected chi connectivity index (χ2v) is 9.29. The molecule has 2 aliphatic heterocycles. The van der Waals surface area contributed by atoms with E-state index in [0.717, 1.165) is 35.4 Å². The zero-order valence-electron chi connectivity index (χ0n) is 19.5. The first kappa shape index (κ1) is 21.6. The molecule has 2 atom stereocenters. The highest BCUT2D eigenvalue weighted by atomic mass is 16.6. The number of amides is 2. The van der Waals surface area contributed by atoms with Crippen LogP contribution in [0.2, 0.25) is 0 Å². The quantitative estimate of drug-likeness (QED) is 0.592. The number of fused-ring (bicyclic) bond motifs is 1. The lowest BCUT2D eigenvalue weighted by molar-refractivity contribution is -0.119. The van der Waals surface area contributed by atoms with E-state index in [-0.39, 0.29) is 30.6 Å². The molecule has 11 heteroatoms. The highest BCUT2D eigenvalue weighted by molar-refractivity contribution is 5.81. The van der Waals surface area contributed by atoms with Crippen LogP contribution in [0.3, 0.4) is 0 Å². The van der Waals surface area contributed by atoms with E-state index in [4.69, 9.17) is 14.5 Å². The van der Waals surface area contributed by atoms with Crippen molar-refractivity contribution >= 4 is 23.5 Å². The van der Waals surface area contributed by atoms with E-state index in [0.29, 0.717) is 32.1 Å². The van der Waals surface area contributed by atoms with Crippen molar-refractivity contribution < 1.29 is 19.1 Å². The smallest absolute Gasteiger partial charge is 0.410 e. The number of nitrogens with zero attached hydrogens (tertiary/aromatic N) is 6. The topological polar surface area (TPSA) is 114 Å². The van der Waals surface area contributed by atoms with Crippen LogP contribution in [0.1, 0.15) is 26.2 Å². The molecule has 11 nitrogen and oxygen atoms in total. The summed E-state index contributed by atoms with van der Waals surface area (Å²) in [4.78, 5) is 37.3. The van der Waals surface area contributed by atoms with E-state index in [2.05, 4.69) is 20.3 Å². The lowest BCUT2D eigenvalue weighted by Crippen LogP contribution is -2.55. The number of nitrogens with one attached hydrogen (secondary N) is 1. The van der Waals surface area contributed by atoms with E-state index in [9.17, 15) is 9.59 Å². The lowest BCUT2D eigenvalue weighted by atomic mass is 10.1. The molecule has 0 aromatic carbocycles. The molecule has 182 valence electrons. The van der Waals surface area contributed by atoms with Gasteiger partial charge in [0.2, 0.25) is 11.8 Å². The van der Waals surface area contributed by atoms with Crippen molar-refractivity contribution in [2.75, 3.05) is 31.1 Å². The number of piperazine rings is 1. The first-order valence-corrected chi connectivity index (χ1v) is 12.0. The summed E-state index contributed by atoms with van der Waals surface area (Å²) in [6.45, 7) is 4.12. The first-order valence-electron chi connectivity index (χ1n) is 12.0. The van der Waals surface area contributed by atoms with Crippen molar-refractivity contribution in [1.82, 2.24) is 29.8 Å². The van der Waals surface area contributed by atoms with E-state index in [1.165, 1.54) is 0 Å². The third-order valence-corrected chi connectivity index (χ3v) is 6.61. The number of aromatic nitrogens is 4. The minimum absolute atomic E-state index is 0.0689. The van der Waals surface area contributed by atoms with Crippen molar-refractivity contribution in [3.05, 3.63) is 36.8 Å². The fraction of sp³-hybridized carbons (Fsp3) is 0.458. The third kappa shape index (κ3) is 4.33. The Morgan fingerprint density at radius 2 is 2.06 bits per heavy atom. The molecule has 3 aliphatic rings. The molecule has 1 saturated carbocycles. The van der Waals surface area contributed by atoms with E-state index in [1.807, 2.05) is 31.3 Å². The largest absolute Gasteiger partial charge is 0.474 e. The van der Waals surface area contributed by atoms with E-state index in [1.54, 1.807) is 21.8 Å². The standard InChI is InChI=1S/C24H27N7O4/c1-15-14-29(9-10-30(15)24(33)35-17-11-21(32)26-12-17)20-6-8-31-22(28-20)19(13-27-31)18-3-2-7-25-23(18)34-16-4-5-16/h2-3,6-8,13,15-17H,4-5,9-12,14H2,1H3,(H,26,32)/t15-,17+/m1/s1. The van der Waals surface area contributed by atoms with Crippen LogP contribution >= 0.6 is 0 Å². The van der Waals surface area contributed by atoms with Crippen molar-refractivity contribution in [1.29, 1.82) is 0 Å². The van der Waals surface area contributed by atoms with Crippen LogP contribution in [-0.2, 0) is 9.53 Å². The average molecular weight is 478 g/mol. The summed E-state index contributed by atoms with van der Waals surface area (Å²) in [5.74, 6) is 1.34. The van der Waals surface area contributed by atoms with Gasteiger partial charge in [-0.25, -0.2) is 19.3 Å². The van der Waals surface area contributed by atoms with Gasteiger partial charge < -0.3 is 24.6 Å². The second kappa shape index (κ2) is 8.71. The Balaban J connectivity index is 1.19. The highest BCUT2D eigenvalue weighted by Crippen LogP contribution is 2.35. The maximum Gasteiger partial charge on any atom is 0.410 e. The number of carbonyl (C=O) groups is 2. The fourth-order valence-electron chi connectivity index (χ4n) is 4.57. The van der Waals surface area contributed by atoms with Gasteiger partial charge in [-0.1, -0.05) is 0 Å². The van der Waals surface area contributed by atoms with E-state index >= 15 is 0 Å². The zero-order valence-corrected chi connectivity index (χ0v) is 19.5. The maximum atomic E-state index is 12.7. The second-order valence-electron chi connectivity index (χ2n) is 9.29. The highest BCUT2D eigenvalue weighted by Gasteiger charge is 2.33. The Labute approximate surface area is 202 Å². The van der Waals surface area contributed by atoms with Gasteiger partial charge in [-0.3, -0.25) is 4.79 Å². The van der Waals surface area contributed by atoms with Crippen LogP contribution in [0.4, 0.5) is 10.6 Å². The molecule has 0 spiro atoms. The summed E-state index contributed by atoms with van der Waals surface area (Å²) in [6.07, 6.45) is 7.23. The number of hydrogen-bond acceptors (Lipinski definition) is 8. The van der Waals surface area contributed by atoms with Crippen molar-refractivity contribution in [2.45, 2.75) is 44.4 Å².